The van der Waals surface area contributed by atoms with Gasteiger partial charge < -0.3 is 24.7 Å². The van der Waals surface area contributed by atoms with Crippen LogP contribution in [0, 0.1) is 17.8 Å². The summed E-state index contributed by atoms with van der Waals surface area (Å²) in [4.78, 5) is 49.8. The highest BCUT2D eigenvalue weighted by Crippen LogP contribution is 2.32. The molecule has 0 amide bonds. The van der Waals surface area contributed by atoms with Crippen LogP contribution < -0.4 is 15.2 Å². The molecule has 0 aliphatic rings. The van der Waals surface area contributed by atoms with E-state index in [-0.39, 0.29) is 60.9 Å². The molecular formula is C29H45NO8. The lowest BCUT2D eigenvalue weighted by Gasteiger charge is -2.30. The first-order valence-corrected chi connectivity index (χ1v) is 13.3. The SMILES string of the molecule is CCCC(C)C(=O)O[C@@H](C)CC(N)(Cc1ccc(OC(=O)CC(C)C)c(OC(=O)CC(C)C)c1)C(=O)OC. The second-order valence-electron chi connectivity index (χ2n) is 10.9. The normalized spacial score (nSPS) is 14.4. The molecule has 0 radical (unpaired) electrons. The molecule has 0 saturated carbocycles. The molecule has 1 aromatic carbocycles. The van der Waals surface area contributed by atoms with Gasteiger partial charge in [-0.05, 0) is 42.9 Å². The van der Waals surface area contributed by atoms with Crippen LogP contribution in [0.25, 0.3) is 0 Å². The predicted molar refractivity (Wildman–Crippen MR) is 144 cm³/mol. The smallest absolute Gasteiger partial charge is 0.326 e. The van der Waals surface area contributed by atoms with Crippen molar-refractivity contribution in [2.24, 2.45) is 23.5 Å². The Morgan fingerprint density at radius 2 is 1.45 bits per heavy atom. The van der Waals surface area contributed by atoms with Crippen LogP contribution in [0.4, 0.5) is 0 Å². The Hall–Kier alpha value is -2.94. The zero-order chi connectivity index (χ0) is 29.0. The third-order valence-corrected chi connectivity index (χ3v) is 5.81. The van der Waals surface area contributed by atoms with Gasteiger partial charge in [0.05, 0.1) is 13.0 Å². The van der Waals surface area contributed by atoms with Crippen molar-refractivity contribution in [1.29, 1.82) is 0 Å². The lowest BCUT2D eigenvalue weighted by molar-refractivity contribution is -0.157. The number of ether oxygens (including phenoxy) is 4. The zero-order valence-corrected chi connectivity index (χ0v) is 24.1. The first kappa shape index (κ1) is 33.1. The third kappa shape index (κ3) is 11.2. The summed E-state index contributed by atoms with van der Waals surface area (Å²) in [5, 5.41) is 0. The van der Waals surface area contributed by atoms with Crippen molar-refractivity contribution in [3.8, 4) is 11.5 Å². The Balaban J connectivity index is 3.23. The molecule has 0 heterocycles. The molecule has 0 spiro atoms. The molecule has 1 aromatic rings. The molecule has 0 aliphatic carbocycles. The van der Waals surface area contributed by atoms with Crippen LogP contribution in [0.15, 0.2) is 18.2 Å². The van der Waals surface area contributed by atoms with E-state index in [9.17, 15) is 19.2 Å². The van der Waals surface area contributed by atoms with E-state index in [4.69, 9.17) is 24.7 Å². The zero-order valence-electron chi connectivity index (χ0n) is 24.1. The monoisotopic (exact) mass is 535 g/mol. The summed E-state index contributed by atoms with van der Waals surface area (Å²) in [6.07, 6.45) is 1.28. The van der Waals surface area contributed by atoms with Crippen molar-refractivity contribution >= 4 is 23.9 Å². The summed E-state index contributed by atoms with van der Waals surface area (Å²) in [6, 6.07) is 4.68. The van der Waals surface area contributed by atoms with Crippen LogP contribution in [-0.2, 0) is 35.1 Å². The number of hydrogen-bond donors (Lipinski definition) is 1. The molecule has 0 saturated heterocycles. The minimum atomic E-state index is -1.53. The fourth-order valence-corrected chi connectivity index (χ4v) is 4.04. The molecule has 2 unspecified atom stereocenters. The first-order valence-electron chi connectivity index (χ1n) is 13.3. The predicted octanol–water partition coefficient (Wildman–Crippen LogP) is 4.76. The minimum Gasteiger partial charge on any atom is -0.468 e. The lowest BCUT2D eigenvalue weighted by Crippen LogP contribution is -2.53. The van der Waals surface area contributed by atoms with Gasteiger partial charge in [-0.1, -0.05) is 54.0 Å². The van der Waals surface area contributed by atoms with Crippen molar-refractivity contribution in [2.75, 3.05) is 7.11 Å². The van der Waals surface area contributed by atoms with Crippen LogP contribution in [0.2, 0.25) is 0 Å². The first-order chi connectivity index (χ1) is 17.7. The van der Waals surface area contributed by atoms with Crippen molar-refractivity contribution < 1.29 is 38.1 Å². The molecule has 0 aliphatic heterocycles. The van der Waals surface area contributed by atoms with Gasteiger partial charge >= 0.3 is 23.9 Å². The lowest BCUT2D eigenvalue weighted by atomic mass is 9.86. The molecule has 9 nitrogen and oxygen atoms in total. The van der Waals surface area contributed by atoms with Gasteiger partial charge in [-0.3, -0.25) is 19.2 Å². The number of rotatable bonds is 15. The number of carbonyl (C=O) groups excluding carboxylic acids is 4. The largest absolute Gasteiger partial charge is 0.468 e. The molecule has 3 atom stereocenters. The van der Waals surface area contributed by atoms with Gasteiger partial charge in [0.15, 0.2) is 11.5 Å². The van der Waals surface area contributed by atoms with E-state index in [1.165, 1.54) is 19.2 Å². The van der Waals surface area contributed by atoms with Crippen LogP contribution in [-0.4, -0.2) is 42.6 Å². The molecule has 1 rings (SSSR count). The Labute approximate surface area is 226 Å². The molecule has 0 fully saturated rings. The van der Waals surface area contributed by atoms with Crippen molar-refractivity contribution in [3.63, 3.8) is 0 Å². The molecular weight excluding hydrogens is 490 g/mol. The highest BCUT2D eigenvalue weighted by Gasteiger charge is 2.38. The van der Waals surface area contributed by atoms with Crippen molar-refractivity contribution in [1.82, 2.24) is 0 Å². The van der Waals surface area contributed by atoms with E-state index >= 15 is 0 Å². The standard InChI is InChI=1S/C29H45NO8/c1-9-10-20(6)27(33)36-21(7)16-29(30,28(34)35-8)17-22-11-12-23(37-25(31)13-18(2)3)24(15-22)38-26(32)14-19(4)5/h11-12,15,18-21H,9-10,13-14,16-17,30H2,1-8H3/t20?,21-,29?/m0/s1. The average molecular weight is 536 g/mol. The maximum absolute atomic E-state index is 12.8. The molecule has 2 N–H and O–H groups in total. The number of benzene rings is 1. The van der Waals surface area contributed by atoms with Gasteiger partial charge in [-0.15, -0.1) is 0 Å². The van der Waals surface area contributed by atoms with Crippen molar-refractivity contribution in [2.45, 2.75) is 98.6 Å². The summed E-state index contributed by atoms with van der Waals surface area (Å²) in [7, 11) is 1.24. The summed E-state index contributed by atoms with van der Waals surface area (Å²) in [5.41, 5.74) is 5.55. The number of methoxy groups -OCH3 is 1. The summed E-state index contributed by atoms with van der Waals surface area (Å²) in [5.74, 6) is -1.90. The van der Waals surface area contributed by atoms with E-state index in [2.05, 4.69) is 0 Å². The summed E-state index contributed by atoms with van der Waals surface area (Å²) >= 11 is 0. The van der Waals surface area contributed by atoms with Gasteiger partial charge in [0.2, 0.25) is 0 Å². The van der Waals surface area contributed by atoms with Crippen LogP contribution in [0.5, 0.6) is 11.5 Å². The van der Waals surface area contributed by atoms with E-state index in [1.807, 2.05) is 34.6 Å². The fourth-order valence-electron chi connectivity index (χ4n) is 4.04. The number of hydrogen-bond acceptors (Lipinski definition) is 9. The highest BCUT2D eigenvalue weighted by atomic mass is 16.6. The van der Waals surface area contributed by atoms with Crippen molar-refractivity contribution in [3.05, 3.63) is 23.8 Å². The molecule has 214 valence electrons. The highest BCUT2D eigenvalue weighted by molar-refractivity contribution is 5.81. The van der Waals surface area contributed by atoms with E-state index < -0.39 is 29.6 Å². The van der Waals surface area contributed by atoms with Gasteiger partial charge in [-0.25, -0.2) is 0 Å². The second-order valence-corrected chi connectivity index (χ2v) is 10.9. The Morgan fingerprint density at radius 1 is 0.895 bits per heavy atom. The number of nitrogens with two attached hydrogens (primary N) is 1. The quantitative estimate of drug-likeness (QED) is 0.249. The van der Waals surface area contributed by atoms with Gasteiger partial charge in [0.25, 0.3) is 0 Å². The third-order valence-electron chi connectivity index (χ3n) is 5.81. The van der Waals surface area contributed by atoms with Crippen LogP contribution >= 0.6 is 0 Å². The maximum atomic E-state index is 12.8. The Kier molecular flexibility index (Phi) is 13.5. The van der Waals surface area contributed by atoms with Gasteiger partial charge in [0, 0.05) is 25.7 Å². The van der Waals surface area contributed by atoms with Crippen LogP contribution in [0.3, 0.4) is 0 Å². The topological polar surface area (TPSA) is 131 Å². The summed E-state index contributed by atoms with van der Waals surface area (Å²) in [6.45, 7) is 13.0. The fraction of sp³-hybridized carbons (Fsp3) is 0.655. The summed E-state index contributed by atoms with van der Waals surface area (Å²) < 4.78 is 21.5. The Morgan fingerprint density at radius 3 is 1.95 bits per heavy atom. The van der Waals surface area contributed by atoms with E-state index in [0.717, 1.165) is 6.42 Å². The molecule has 38 heavy (non-hydrogen) atoms. The second kappa shape index (κ2) is 15.5. The number of carbonyl (C=O) groups is 4. The Bertz CT molecular complexity index is 958. The molecule has 0 bridgehead atoms. The molecule has 9 heteroatoms. The molecule has 0 aromatic heterocycles. The average Bonchev–Trinajstić information content (AvgIpc) is 2.78. The van der Waals surface area contributed by atoms with Gasteiger partial charge in [0.1, 0.15) is 11.6 Å². The number of esters is 4. The van der Waals surface area contributed by atoms with Gasteiger partial charge in [-0.2, -0.15) is 0 Å². The van der Waals surface area contributed by atoms with Crippen LogP contribution in [0.1, 0.15) is 86.1 Å². The maximum Gasteiger partial charge on any atom is 0.326 e. The minimum absolute atomic E-state index is 0.00102. The van der Waals surface area contributed by atoms with E-state index in [0.29, 0.717) is 12.0 Å². The van der Waals surface area contributed by atoms with E-state index in [1.54, 1.807) is 19.9 Å².